The van der Waals surface area contributed by atoms with Crippen molar-refractivity contribution in [3.63, 3.8) is 0 Å². The van der Waals surface area contributed by atoms with Gasteiger partial charge in [0.05, 0.1) is 11.1 Å². The zero-order chi connectivity index (χ0) is 11.1. The number of aromatic nitrogens is 2. The number of aromatic amines is 1. The summed E-state index contributed by atoms with van der Waals surface area (Å²) in [5.74, 6) is 1.10. The highest BCUT2D eigenvalue weighted by Gasteiger charge is 2.09. The molecule has 3 aromatic rings. The average molecular weight is 216 g/mol. The van der Waals surface area contributed by atoms with E-state index in [-0.39, 0.29) is 5.82 Å². The van der Waals surface area contributed by atoms with Gasteiger partial charge in [0.15, 0.2) is 5.82 Å². The molecule has 1 N–H and O–H groups in total. The van der Waals surface area contributed by atoms with Crippen molar-refractivity contribution in [2.45, 2.75) is 6.92 Å². The quantitative estimate of drug-likeness (QED) is 0.678. The number of aryl methyl sites for hydroxylation is 1. The molecule has 0 saturated carbocycles. The molecule has 0 aliphatic heterocycles. The van der Waals surface area contributed by atoms with Crippen molar-refractivity contribution in [1.82, 2.24) is 9.97 Å². The lowest BCUT2D eigenvalue weighted by atomic mass is 10.3. The summed E-state index contributed by atoms with van der Waals surface area (Å²) in [4.78, 5) is 7.26. The maximum absolute atomic E-state index is 13.4. The van der Waals surface area contributed by atoms with E-state index in [1.165, 1.54) is 6.07 Å². The number of para-hydroxylation sites is 1. The van der Waals surface area contributed by atoms with E-state index in [4.69, 9.17) is 4.42 Å². The topological polar surface area (TPSA) is 41.8 Å². The van der Waals surface area contributed by atoms with Gasteiger partial charge < -0.3 is 9.40 Å². The Morgan fingerprint density at radius 1 is 1.38 bits per heavy atom. The van der Waals surface area contributed by atoms with Crippen LogP contribution in [0.4, 0.5) is 4.39 Å². The van der Waals surface area contributed by atoms with Crippen molar-refractivity contribution in [2.24, 2.45) is 0 Å². The number of nitrogens with zero attached hydrogens (tertiary/aromatic N) is 1. The summed E-state index contributed by atoms with van der Waals surface area (Å²) in [7, 11) is 0. The van der Waals surface area contributed by atoms with Crippen LogP contribution in [-0.2, 0) is 0 Å². The first-order valence-corrected chi connectivity index (χ1v) is 4.94. The van der Waals surface area contributed by atoms with Crippen LogP contribution in [0.1, 0.15) is 5.76 Å². The molecule has 2 aromatic heterocycles. The number of furan rings is 1. The van der Waals surface area contributed by atoms with E-state index < -0.39 is 0 Å². The first-order valence-electron chi connectivity index (χ1n) is 4.94. The lowest BCUT2D eigenvalue weighted by Crippen LogP contribution is -1.76. The summed E-state index contributed by atoms with van der Waals surface area (Å²) in [5.41, 5.74) is 1.87. The van der Waals surface area contributed by atoms with Crippen LogP contribution in [0.3, 0.4) is 0 Å². The summed E-state index contributed by atoms with van der Waals surface area (Å²) < 4.78 is 18.6. The predicted molar refractivity (Wildman–Crippen MR) is 58.5 cm³/mol. The van der Waals surface area contributed by atoms with Crippen LogP contribution in [0, 0.1) is 12.7 Å². The summed E-state index contributed by atoms with van der Waals surface area (Å²) >= 11 is 0. The molecule has 0 amide bonds. The molecule has 3 rings (SSSR count). The lowest BCUT2D eigenvalue weighted by Gasteiger charge is -1.86. The molecule has 0 unspecified atom stereocenters. The minimum Gasteiger partial charge on any atom is -0.469 e. The van der Waals surface area contributed by atoms with Crippen molar-refractivity contribution < 1.29 is 8.81 Å². The number of imidazole rings is 1. The van der Waals surface area contributed by atoms with Crippen LogP contribution in [0.15, 0.2) is 34.9 Å². The molecule has 4 heteroatoms. The highest BCUT2D eigenvalue weighted by Crippen LogP contribution is 2.23. The van der Waals surface area contributed by atoms with E-state index in [0.717, 1.165) is 11.3 Å². The molecule has 0 fully saturated rings. The fraction of sp³-hybridized carbons (Fsp3) is 0.0833. The van der Waals surface area contributed by atoms with E-state index in [9.17, 15) is 4.39 Å². The molecule has 3 nitrogen and oxygen atoms in total. The number of hydrogen-bond donors (Lipinski definition) is 1. The van der Waals surface area contributed by atoms with Gasteiger partial charge in [0.25, 0.3) is 0 Å². The molecule has 0 saturated heterocycles. The molecular formula is C12H9FN2O. The van der Waals surface area contributed by atoms with Crippen LogP contribution >= 0.6 is 0 Å². The molecular weight excluding hydrogens is 207 g/mol. The lowest BCUT2D eigenvalue weighted by molar-refractivity contribution is 0.534. The monoisotopic (exact) mass is 216 g/mol. The van der Waals surface area contributed by atoms with Crippen molar-refractivity contribution >= 4 is 11.0 Å². The molecule has 0 radical (unpaired) electrons. The Morgan fingerprint density at radius 3 is 2.94 bits per heavy atom. The zero-order valence-corrected chi connectivity index (χ0v) is 8.62. The maximum Gasteiger partial charge on any atom is 0.151 e. The number of H-pyrrole nitrogens is 1. The van der Waals surface area contributed by atoms with Gasteiger partial charge in [0.2, 0.25) is 0 Å². The second-order valence-electron chi connectivity index (χ2n) is 3.67. The number of rotatable bonds is 1. The summed E-state index contributed by atoms with van der Waals surface area (Å²) in [6.07, 6.45) is 1.60. The first-order chi connectivity index (χ1) is 7.74. The Bertz CT molecular complexity index is 654. The van der Waals surface area contributed by atoms with Crippen molar-refractivity contribution in [3.05, 3.63) is 42.1 Å². The Labute approximate surface area is 90.9 Å². The Morgan fingerprint density at radius 2 is 2.25 bits per heavy atom. The third-order valence-electron chi connectivity index (χ3n) is 2.47. The van der Waals surface area contributed by atoms with Gasteiger partial charge in [0, 0.05) is 0 Å². The summed E-state index contributed by atoms with van der Waals surface area (Å²) in [6, 6.07) is 6.70. The second kappa shape index (κ2) is 3.20. The largest absolute Gasteiger partial charge is 0.469 e. The standard InChI is InChI=1S/C12H9FN2O/c1-7-5-8(6-16-7)12-14-10-4-2-3-9(13)11(10)15-12/h2-6H,1H3,(H,14,15). The number of fused-ring (bicyclic) bond motifs is 1. The Balaban J connectivity index is 2.22. The fourth-order valence-electron chi connectivity index (χ4n) is 1.70. The van der Waals surface area contributed by atoms with E-state index in [1.807, 2.05) is 13.0 Å². The van der Waals surface area contributed by atoms with Crippen molar-refractivity contribution in [2.75, 3.05) is 0 Å². The highest BCUT2D eigenvalue weighted by atomic mass is 19.1. The van der Waals surface area contributed by atoms with Crippen LogP contribution in [-0.4, -0.2) is 9.97 Å². The minimum atomic E-state index is -0.319. The Kier molecular flexibility index (Phi) is 1.83. The van der Waals surface area contributed by atoms with E-state index in [2.05, 4.69) is 9.97 Å². The van der Waals surface area contributed by atoms with Gasteiger partial charge >= 0.3 is 0 Å². The number of halogens is 1. The van der Waals surface area contributed by atoms with Gasteiger partial charge in [0.1, 0.15) is 23.4 Å². The van der Waals surface area contributed by atoms with Crippen molar-refractivity contribution in [1.29, 1.82) is 0 Å². The summed E-state index contributed by atoms with van der Waals surface area (Å²) in [6.45, 7) is 1.85. The SMILES string of the molecule is Cc1cc(-c2nc3c(F)cccc3[nH]2)co1. The normalized spacial score (nSPS) is 11.1. The molecule has 80 valence electrons. The van der Waals surface area contributed by atoms with Gasteiger partial charge in [-0.3, -0.25) is 0 Å². The molecule has 0 atom stereocenters. The van der Waals surface area contributed by atoms with Gasteiger partial charge in [-0.25, -0.2) is 9.37 Å². The zero-order valence-electron chi connectivity index (χ0n) is 8.62. The van der Waals surface area contributed by atoms with Crippen LogP contribution in [0.5, 0.6) is 0 Å². The maximum atomic E-state index is 13.4. The molecule has 0 bridgehead atoms. The molecule has 0 aliphatic rings. The number of nitrogens with one attached hydrogen (secondary N) is 1. The van der Waals surface area contributed by atoms with Gasteiger partial charge in [-0.1, -0.05) is 6.07 Å². The molecule has 16 heavy (non-hydrogen) atoms. The third-order valence-corrected chi connectivity index (χ3v) is 2.47. The molecule has 0 spiro atoms. The Hall–Kier alpha value is -2.10. The fourth-order valence-corrected chi connectivity index (χ4v) is 1.70. The minimum absolute atomic E-state index is 0.319. The molecule has 2 heterocycles. The smallest absolute Gasteiger partial charge is 0.151 e. The van der Waals surface area contributed by atoms with Crippen LogP contribution in [0.25, 0.3) is 22.4 Å². The highest BCUT2D eigenvalue weighted by molar-refractivity contribution is 5.79. The van der Waals surface area contributed by atoms with E-state index in [0.29, 0.717) is 16.9 Å². The third kappa shape index (κ3) is 1.31. The average Bonchev–Trinajstić information content (AvgIpc) is 2.84. The molecule has 1 aromatic carbocycles. The van der Waals surface area contributed by atoms with E-state index in [1.54, 1.807) is 18.4 Å². The number of benzene rings is 1. The van der Waals surface area contributed by atoms with Crippen molar-refractivity contribution in [3.8, 4) is 11.4 Å². The van der Waals surface area contributed by atoms with Crippen LogP contribution < -0.4 is 0 Å². The van der Waals surface area contributed by atoms with Crippen LogP contribution in [0.2, 0.25) is 0 Å². The van der Waals surface area contributed by atoms with Gasteiger partial charge in [-0.2, -0.15) is 0 Å². The predicted octanol–water partition coefficient (Wildman–Crippen LogP) is 3.27. The molecule has 0 aliphatic carbocycles. The van der Waals surface area contributed by atoms with Gasteiger partial charge in [-0.05, 0) is 25.1 Å². The summed E-state index contributed by atoms with van der Waals surface area (Å²) in [5, 5.41) is 0. The first kappa shape index (κ1) is 9.15. The number of hydrogen-bond acceptors (Lipinski definition) is 2. The van der Waals surface area contributed by atoms with E-state index >= 15 is 0 Å². The van der Waals surface area contributed by atoms with Gasteiger partial charge in [-0.15, -0.1) is 0 Å². The second-order valence-corrected chi connectivity index (χ2v) is 3.67.